The van der Waals surface area contributed by atoms with Crippen molar-refractivity contribution in [1.29, 1.82) is 0 Å². The van der Waals surface area contributed by atoms with Gasteiger partial charge in [-0.1, -0.05) is 188 Å². The fraction of sp³-hybridized carbons (Fsp3) is 0. The second-order valence-electron chi connectivity index (χ2n) is 14.9. The van der Waals surface area contributed by atoms with Crippen molar-refractivity contribution < 1.29 is 0 Å². The standard InChI is InChI=1S/C55H36N6/c1-6-19-37(20-7-1)43-30-18-32-50-51(43)44-29-16-17-31-48(44)61(50)49-34-33-42(47-36-46(38-21-8-2-9-22-38)56-52(57-47)39-23-10-3-11-24-39)35-45(49)55-59-53(40-25-12-4-13-26-40)58-54(60-55)41-27-14-5-15-28-41/h1-36H. The summed E-state index contributed by atoms with van der Waals surface area (Å²) in [5.74, 6) is 2.38. The van der Waals surface area contributed by atoms with Crippen LogP contribution in [0.2, 0.25) is 0 Å². The van der Waals surface area contributed by atoms with Gasteiger partial charge in [-0.2, -0.15) is 0 Å². The maximum atomic E-state index is 5.29. The van der Waals surface area contributed by atoms with Crippen molar-refractivity contribution in [3.05, 3.63) is 218 Å². The van der Waals surface area contributed by atoms with Gasteiger partial charge in [0, 0.05) is 44.2 Å². The number of hydrogen-bond acceptors (Lipinski definition) is 5. The van der Waals surface area contributed by atoms with Gasteiger partial charge in [-0.15, -0.1) is 0 Å². The van der Waals surface area contributed by atoms with E-state index < -0.39 is 0 Å². The molecule has 6 nitrogen and oxygen atoms in total. The number of fused-ring (bicyclic) bond motifs is 3. The van der Waals surface area contributed by atoms with Gasteiger partial charge in [0.1, 0.15) is 0 Å². The molecule has 61 heavy (non-hydrogen) atoms. The van der Waals surface area contributed by atoms with Gasteiger partial charge in [0.15, 0.2) is 23.3 Å². The molecule has 0 fully saturated rings. The minimum absolute atomic E-state index is 0.551. The minimum Gasteiger partial charge on any atom is -0.308 e. The molecule has 0 amide bonds. The molecule has 3 heterocycles. The van der Waals surface area contributed by atoms with Crippen LogP contribution in [-0.4, -0.2) is 29.5 Å². The Morgan fingerprint density at radius 1 is 0.279 bits per heavy atom. The third kappa shape index (κ3) is 6.72. The summed E-state index contributed by atoms with van der Waals surface area (Å²) in [5, 5.41) is 2.34. The van der Waals surface area contributed by atoms with E-state index in [1.54, 1.807) is 0 Å². The van der Waals surface area contributed by atoms with Crippen LogP contribution in [0, 0.1) is 0 Å². The van der Waals surface area contributed by atoms with Gasteiger partial charge in [0.25, 0.3) is 0 Å². The Kier molecular flexibility index (Phi) is 9.06. The van der Waals surface area contributed by atoms with Crippen molar-refractivity contribution in [2.24, 2.45) is 0 Å². The summed E-state index contributed by atoms with van der Waals surface area (Å²) in [6, 6.07) is 75.1. The number of nitrogens with zero attached hydrogens (tertiary/aromatic N) is 6. The van der Waals surface area contributed by atoms with Crippen LogP contribution in [0.1, 0.15) is 0 Å². The third-order valence-corrected chi connectivity index (χ3v) is 11.1. The fourth-order valence-electron chi connectivity index (χ4n) is 8.20. The van der Waals surface area contributed by atoms with Crippen molar-refractivity contribution >= 4 is 21.8 Å². The zero-order valence-electron chi connectivity index (χ0n) is 33.0. The lowest BCUT2D eigenvalue weighted by Gasteiger charge is -2.17. The summed E-state index contributed by atoms with van der Waals surface area (Å²) in [6.07, 6.45) is 0. The van der Waals surface area contributed by atoms with E-state index in [2.05, 4.69) is 126 Å². The highest BCUT2D eigenvalue weighted by Gasteiger charge is 2.22. The second kappa shape index (κ2) is 15.4. The van der Waals surface area contributed by atoms with Gasteiger partial charge >= 0.3 is 0 Å². The van der Waals surface area contributed by atoms with Crippen molar-refractivity contribution in [2.75, 3.05) is 0 Å². The molecule has 0 saturated carbocycles. The summed E-state index contributed by atoms with van der Waals surface area (Å²) in [5.41, 5.74) is 12.6. The highest BCUT2D eigenvalue weighted by atomic mass is 15.1. The molecule has 11 aromatic rings. The maximum absolute atomic E-state index is 5.29. The average molecular weight is 781 g/mol. The zero-order chi connectivity index (χ0) is 40.5. The second-order valence-corrected chi connectivity index (χ2v) is 14.9. The summed E-state index contributed by atoms with van der Waals surface area (Å²) < 4.78 is 2.36. The molecule has 6 heteroatoms. The molecule has 8 aromatic carbocycles. The lowest BCUT2D eigenvalue weighted by molar-refractivity contribution is 1.06. The number of aromatic nitrogens is 6. The molecule has 0 N–H and O–H groups in total. The molecule has 286 valence electrons. The predicted molar refractivity (Wildman–Crippen MR) is 248 cm³/mol. The Hall–Kier alpha value is -8.35. The molecule has 0 aliphatic heterocycles. The van der Waals surface area contributed by atoms with E-state index in [4.69, 9.17) is 24.9 Å². The molecule has 11 rings (SSSR count). The summed E-state index contributed by atoms with van der Waals surface area (Å²) >= 11 is 0. The monoisotopic (exact) mass is 780 g/mol. The van der Waals surface area contributed by atoms with Gasteiger partial charge in [-0.25, -0.2) is 24.9 Å². The molecule has 0 spiro atoms. The van der Waals surface area contributed by atoms with E-state index in [0.717, 1.165) is 72.4 Å². The van der Waals surface area contributed by atoms with Crippen molar-refractivity contribution in [2.45, 2.75) is 0 Å². The molecule has 0 saturated heterocycles. The Morgan fingerprint density at radius 2 is 0.738 bits per heavy atom. The normalized spacial score (nSPS) is 11.3. The topological polar surface area (TPSA) is 69.4 Å². The van der Waals surface area contributed by atoms with E-state index in [1.807, 2.05) is 97.1 Å². The predicted octanol–water partition coefficient (Wildman–Crippen LogP) is 13.4. The lowest BCUT2D eigenvalue weighted by atomic mass is 9.99. The van der Waals surface area contributed by atoms with Gasteiger partial charge in [0.05, 0.1) is 28.1 Å². The number of benzene rings is 8. The SMILES string of the molecule is c1ccc(-c2cc(-c3ccc(-n4c5ccccc5c5c(-c6ccccc6)cccc54)c(-c4nc(-c5ccccc5)nc(-c5ccccc5)n4)c3)nc(-c3ccccc3)n2)cc1. The fourth-order valence-corrected chi connectivity index (χ4v) is 8.20. The quantitative estimate of drug-likeness (QED) is 0.154. The van der Waals surface area contributed by atoms with Crippen LogP contribution in [0.25, 0.3) is 107 Å². The summed E-state index contributed by atoms with van der Waals surface area (Å²) in [6.45, 7) is 0. The third-order valence-electron chi connectivity index (χ3n) is 11.1. The van der Waals surface area contributed by atoms with Crippen molar-refractivity contribution in [3.8, 4) is 84.9 Å². The Bertz CT molecular complexity index is 3220. The number of hydrogen-bond donors (Lipinski definition) is 0. The first-order chi connectivity index (χ1) is 30.2. The van der Waals surface area contributed by atoms with Crippen molar-refractivity contribution in [1.82, 2.24) is 29.5 Å². The Labute approximate surface area is 353 Å². The smallest absolute Gasteiger partial charge is 0.166 e. The minimum atomic E-state index is 0.551. The zero-order valence-corrected chi connectivity index (χ0v) is 33.0. The number of para-hydroxylation sites is 1. The first-order valence-corrected chi connectivity index (χ1v) is 20.3. The molecule has 0 radical (unpaired) electrons. The van der Waals surface area contributed by atoms with E-state index in [-0.39, 0.29) is 0 Å². The highest BCUT2D eigenvalue weighted by Crippen LogP contribution is 2.42. The van der Waals surface area contributed by atoms with Crippen LogP contribution in [0.15, 0.2) is 218 Å². The van der Waals surface area contributed by atoms with Gasteiger partial charge < -0.3 is 4.57 Å². The van der Waals surface area contributed by atoms with Crippen LogP contribution >= 0.6 is 0 Å². The molecule has 0 aliphatic carbocycles. The van der Waals surface area contributed by atoms with Gasteiger partial charge in [0.2, 0.25) is 0 Å². The molecule has 3 aromatic heterocycles. The Morgan fingerprint density at radius 3 is 1.33 bits per heavy atom. The molecule has 0 atom stereocenters. The highest BCUT2D eigenvalue weighted by molar-refractivity contribution is 6.16. The maximum Gasteiger partial charge on any atom is 0.166 e. The van der Waals surface area contributed by atoms with Gasteiger partial charge in [-0.3, -0.25) is 0 Å². The first-order valence-electron chi connectivity index (χ1n) is 20.3. The lowest BCUT2D eigenvalue weighted by Crippen LogP contribution is -2.04. The van der Waals surface area contributed by atoms with Crippen LogP contribution < -0.4 is 0 Å². The van der Waals surface area contributed by atoms with Crippen LogP contribution in [0.3, 0.4) is 0 Å². The summed E-state index contributed by atoms with van der Waals surface area (Å²) in [4.78, 5) is 26.0. The number of rotatable bonds is 8. The largest absolute Gasteiger partial charge is 0.308 e. The van der Waals surface area contributed by atoms with E-state index in [0.29, 0.717) is 23.3 Å². The van der Waals surface area contributed by atoms with Gasteiger partial charge in [-0.05, 0) is 41.5 Å². The molecule has 0 bridgehead atoms. The van der Waals surface area contributed by atoms with Crippen LogP contribution in [0.5, 0.6) is 0 Å². The Balaban J connectivity index is 1.21. The summed E-state index contributed by atoms with van der Waals surface area (Å²) in [7, 11) is 0. The molecule has 0 aliphatic rings. The average Bonchev–Trinajstić information content (AvgIpc) is 3.69. The van der Waals surface area contributed by atoms with Crippen LogP contribution in [-0.2, 0) is 0 Å². The van der Waals surface area contributed by atoms with Crippen molar-refractivity contribution in [3.63, 3.8) is 0 Å². The molecule has 0 unspecified atom stereocenters. The van der Waals surface area contributed by atoms with Crippen LogP contribution in [0.4, 0.5) is 0 Å². The van der Waals surface area contributed by atoms with E-state index >= 15 is 0 Å². The van der Waals surface area contributed by atoms with E-state index in [9.17, 15) is 0 Å². The molecular weight excluding hydrogens is 745 g/mol. The first kappa shape index (κ1) is 35.8. The molecular formula is C55H36N6. The van der Waals surface area contributed by atoms with E-state index in [1.165, 1.54) is 10.9 Å².